The van der Waals surface area contributed by atoms with Crippen LogP contribution in [0, 0.1) is 0 Å². The van der Waals surface area contributed by atoms with Crippen LogP contribution in [-0.2, 0) is 0 Å². The van der Waals surface area contributed by atoms with Gasteiger partial charge in [0.1, 0.15) is 0 Å². The predicted octanol–water partition coefficient (Wildman–Crippen LogP) is 4.54. The summed E-state index contributed by atoms with van der Waals surface area (Å²) >= 11 is 0. The summed E-state index contributed by atoms with van der Waals surface area (Å²) in [6, 6.07) is 0. The fourth-order valence-electron chi connectivity index (χ4n) is 2.35. The molecule has 0 atom stereocenters. The zero-order valence-corrected chi connectivity index (χ0v) is 12.9. The lowest BCUT2D eigenvalue weighted by atomic mass is 10.1. The number of unbranched alkanes of at least 4 members (excludes halogenated alkanes) is 9. The van der Waals surface area contributed by atoms with E-state index in [2.05, 4.69) is 18.7 Å². The van der Waals surface area contributed by atoms with Crippen molar-refractivity contribution in [2.75, 3.05) is 19.8 Å². The van der Waals surface area contributed by atoms with Crippen LogP contribution < -0.4 is 5.73 Å². The molecule has 0 aromatic rings. The Morgan fingerprint density at radius 1 is 0.611 bits per heavy atom. The summed E-state index contributed by atoms with van der Waals surface area (Å²) in [5.41, 5.74) is 5.80. The zero-order valence-electron chi connectivity index (χ0n) is 12.9. The van der Waals surface area contributed by atoms with Crippen molar-refractivity contribution >= 4 is 0 Å². The van der Waals surface area contributed by atoms with Crippen LogP contribution in [0.4, 0.5) is 0 Å². The third-order valence-electron chi connectivity index (χ3n) is 3.66. The molecule has 110 valence electrons. The van der Waals surface area contributed by atoms with Gasteiger partial charge in [-0.2, -0.15) is 0 Å². The molecule has 0 radical (unpaired) electrons. The fraction of sp³-hybridized carbons (Fsp3) is 1.00. The average Bonchev–Trinajstić information content (AvgIpc) is 2.40. The summed E-state index contributed by atoms with van der Waals surface area (Å²) in [7, 11) is 0. The number of rotatable bonds is 14. The molecule has 0 fully saturated rings. The van der Waals surface area contributed by atoms with Crippen LogP contribution in [0.1, 0.15) is 84.5 Å². The van der Waals surface area contributed by atoms with E-state index in [9.17, 15) is 0 Å². The molecule has 0 bridgehead atoms. The SMILES string of the molecule is CCCCCCCCN(CN)CCCCCCC. The first-order chi connectivity index (χ1) is 8.85. The maximum atomic E-state index is 5.80. The van der Waals surface area contributed by atoms with E-state index in [1.807, 2.05) is 0 Å². The second-order valence-electron chi connectivity index (χ2n) is 5.48. The van der Waals surface area contributed by atoms with E-state index in [-0.39, 0.29) is 0 Å². The van der Waals surface area contributed by atoms with Gasteiger partial charge in [0.15, 0.2) is 0 Å². The first kappa shape index (κ1) is 17.9. The van der Waals surface area contributed by atoms with Gasteiger partial charge in [0.25, 0.3) is 0 Å². The first-order valence-corrected chi connectivity index (χ1v) is 8.27. The van der Waals surface area contributed by atoms with Gasteiger partial charge < -0.3 is 5.73 Å². The number of nitrogens with two attached hydrogens (primary N) is 1. The molecular formula is C16H36N2. The van der Waals surface area contributed by atoms with Crippen LogP contribution in [0.25, 0.3) is 0 Å². The molecule has 0 rings (SSSR count). The summed E-state index contributed by atoms with van der Waals surface area (Å²) in [5.74, 6) is 0. The van der Waals surface area contributed by atoms with E-state index in [4.69, 9.17) is 5.73 Å². The quantitative estimate of drug-likeness (QED) is 0.365. The molecule has 0 spiro atoms. The normalized spacial score (nSPS) is 11.3. The van der Waals surface area contributed by atoms with Crippen molar-refractivity contribution in [3.8, 4) is 0 Å². The molecule has 0 unspecified atom stereocenters. The Balaban J connectivity index is 3.29. The molecule has 0 aliphatic rings. The molecule has 2 heteroatoms. The Labute approximate surface area is 115 Å². The highest BCUT2D eigenvalue weighted by molar-refractivity contribution is 4.56. The van der Waals surface area contributed by atoms with Gasteiger partial charge >= 0.3 is 0 Å². The third-order valence-corrected chi connectivity index (χ3v) is 3.66. The number of nitrogens with zero attached hydrogens (tertiary/aromatic N) is 1. The van der Waals surface area contributed by atoms with Crippen LogP contribution in [0.3, 0.4) is 0 Å². The van der Waals surface area contributed by atoms with Crippen molar-refractivity contribution in [3.05, 3.63) is 0 Å². The van der Waals surface area contributed by atoms with Crippen LogP contribution in [0.5, 0.6) is 0 Å². The van der Waals surface area contributed by atoms with Crippen LogP contribution in [-0.4, -0.2) is 24.7 Å². The van der Waals surface area contributed by atoms with Crippen molar-refractivity contribution in [2.24, 2.45) is 5.73 Å². The monoisotopic (exact) mass is 256 g/mol. The minimum Gasteiger partial charge on any atom is -0.318 e. The van der Waals surface area contributed by atoms with E-state index >= 15 is 0 Å². The van der Waals surface area contributed by atoms with Crippen LogP contribution in [0.15, 0.2) is 0 Å². The lowest BCUT2D eigenvalue weighted by Gasteiger charge is -2.19. The van der Waals surface area contributed by atoms with Gasteiger partial charge in [-0.25, -0.2) is 0 Å². The Bertz CT molecular complexity index is 148. The Morgan fingerprint density at radius 3 is 1.39 bits per heavy atom. The predicted molar refractivity (Wildman–Crippen MR) is 82.8 cm³/mol. The van der Waals surface area contributed by atoms with Gasteiger partial charge in [0.05, 0.1) is 0 Å². The summed E-state index contributed by atoms with van der Waals surface area (Å²) in [6.07, 6.45) is 15.1. The molecule has 0 aliphatic heterocycles. The lowest BCUT2D eigenvalue weighted by Crippen LogP contribution is -2.31. The van der Waals surface area contributed by atoms with E-state index in [0.29, 0.717) is 0 Å². The van der Waals surface area contributed by atoms with Gasteiger partial charge in [-0.1, -0.05) is 71.6 Å². The van der Waals surface area contributed by atoms with Crippen LogP contribution in [0.2, 0.25) is 0 Å². The van der Waals surface area contributed by atoms with Gasteiger partial charge in [-0.05, 0) is 25.9 Å². The maximum absolute atomic E-state index is 5.80. The highest BCUT2D eigenvalue weighted by Crippen LogP contribution is 2.07. The minimum absolute atomic E-state index is 0.739. The van der Waals surface area contributed by atoms with E-state index in [0.717, 1.165) is 6.67 Å². The van der Waals surface area contributed by atoms with E-state index in [1.54, 1.807) is 0 Å². The van der Waals surface area contributed by atoms with Gasteiger partial charge in [0, 0.05) is 6.67 Å². The molecule has 18 heavy (non-hydrogen) atoms. The smallest absolute Gasteiger partial charge is 0.0455 e. The Morgan fingerprint density at radius 2 is 1.00 bits per heavy atom. The summed E-state index contributed by atoms with van der Waals surface area (Å²) in [5, 5.41) is 0. The maximum Gasteiger partial charge on any atom is 0.0455 e. The molecule has 0 aromatic carbocycles. The third kappa shape index (κ3) is 12.4. The van der Waals surface area contributed by atoms with Crippen molar-refractivity contribution in [1.29, 1.82) is 0 Å². The molecule has 0 heterocycles. The Hall–Kier alpha value is -0.0800. The standard InChI is InChI=1S/C16H36N2/c1-3-5-7-9-11-13-15-18(16-17)14-12-10-8-6-4-2/h3-17H2,1-2H3. The fourth-order valence-corrected chi connectivity index (χ4v) is 2.35. The number of hydrogen-bond acceptors (Lipinski definition) is 2. The van der Waals surface area contributed by atoms with Gasteiger partial charge in [0.2, 0.25) is 0 Å². The Kier molecular flexibility index (Phi) is 14.9. The molecule has 0 saturated heterocycles. The molecule has 0 aliphatic carbocycles. The summed E-state index contributed by atoms with van der Waals surface area (Å²) in [6.45, 7) is 7.69. The van der Waals surface area contributed by atoms with E-state index in [1.165, 1.54) is 83.7 Å². The summed E-state index contributed by atoms with van der Waals surface area (Å²) in [4.78, 5) is 2.42. The average molecular weight is 256 g/mol. The largest absolute Gasteiger partial charge is 0.318 e. The zero-order chi connectivity index (χ0) is 13.5. The number of hydrogen-bond donors (Lipinski definition) is 1. The minimum atomic E-state index is 0.739. The highest BCUT2D eigenvalue weighted by atomic mass is 15.2. The van der Waals surface area contributed by atoms with Crippen molar-refractivity contribution in [1.82, 2.24) is 4.90 Å². The summed E-state index contributed by atoms with van der Waals surface area (Å²) < 4.78 is 0. The van der Waals surface area contributed by atoms with Gasteiger partial charge in [-0.15, -0.1) is 0 Å². The second kappa shape index (κ2) is 15.0. The van der Waals surface area contributed by atoms with Gasteiger partial charge in [-0.3, -0.25) is 4.90 Å². The molecule has 0 amide bonds. The molecule has 0 aromatic heterocycles. The van der Waals surface area contributed by atoms with Crippen molar-refractivity contribution in [2.45, 2.75) is 84.5 Å². The van der Waals surface area contributed by atoms with Crippen molar-refractivity contribution in [3.63, 3.8) is 0 Å². The highest BCUT2D eigenvalue weighted by Gasteiger charge is 2.01. The molecular weight excluding hydrogens is 220 g/mol. The van der Waals surface area contributed by atoms with Crippen LogP contribution >= 0.6 is 0 Å². The first-order valence-electron chi connectivity index (χ1n) is 8.27. The molecule has 2 N–H and O–H groups in total. The molecule has 0 saturated carbocycles. The second-order valence-corrected chi connectivity index (χ2v) is 5.48. The molecule has 2 nitrogen and oxygen atoms in total. The lowest BCUT2D eigenvalue weighted by molar-refractivity contribution is 0.267. The van der Waals surface area contributed by atoms with Crippen molar-refractivity contribution < 1.29 is 0 Å². The topological polar surface area (TPSA) is 29.3 Å². The van der Waals surface area contributed by atoms with E-state index < -0.39 is 0 Å².